The lowest BCUT2D eigenvalue weighted by molar-refractivity contribution is -0.140. The minimum absolute atomic E-state index is 0.00453. The third-order valence-electron chi connectivity index (χ3n) is 4.51. The van der Waals surface area contributed by atoms with Gasteiger partial charge in [0.1, 0.15) is 11.9 Å². The van der Waals surface area contributed by atoms with Gasteiger partial charge in [-0.05, 0) is 37.5 Å². The van der Waals surface area contributed by atoms with Crippen LogP contribution < -0.4 is 0 Å². The van der Waals surface area contributed by atoms with Gasteiger partial charge in [0.05, 0.1) is 6.04 Å². The molecule has 2 aliphatic heterocycles. The Morgan fingerprint density at radius 2 is 2.10 bits per heavy atom. The first kappa shape index (κ1) is 14.0. The van der Waals surface area contributed by atoms with Crippen LogP contribution in [0.4, 0.5) is 4.39 Å². The quantitative estimate of drug-likeness (QED) is 0.837. The maximum atomic E-state index is 13.4. The summed E-state index contributed by atoms with van der Waals surface area (Å²) in [6.45, 7) is 2.97. The van der Waals surface area contributed by atoms with E-state index < -0.39 is 0 Å². The van der Waals surface area contributed by atoms with Gasteiger partial charge in [0, 0.05) is 19.5 Å². The van der Waals surface area contributed by atoms with Crippen molar-refractivity contribution in [2.24, 2.45) is 0 Å². The van der Waals surface area contributed by atoms with Crippen LogP contribution in [-0.4, -0.2) is 40.7 Å². The third kappa shape index (κ3) is 2.52. The molecule has 2 saturated heterocycles. The van der Waals surface area contributed by atoms with E-state index in [1.807, 2.05) is 13.0 Å². The molecular formula is C16H19FN2O2. The number of carbonyl (C=O) groups excluding carboxylic acids is 2. The van der Waals surface area contributed by atoms with E-state index in [2.05, 4.69) is 0 Å². The van der Waals surface area contributed by atoms with Gasteiger partial charge in [-0.3, -0.25) is 9.59 Å². The highest BCUT2D eigenvalue weighted by molar-refractivity contribution is 5.90. The zero-order chi connectivity index (χ0) is 15.0. The van der Waals surface area contributed by atoms with Gasteiger partial charge in [0.25, 0.3) is 0 Å². The fourth-order valence-corrected chi connectivity index (χ4v) is 3.31. The molecule has 0 saturated carbocycles. The first-order chi connectivity index (χ1) is 10.1. The predicted octanol–water partition coefficient (Wildman–Crippen LogP) is 2.11. The molecule has 0 N–H and O–H groups in total. The highest BCUT2D eigenvalue weighted by atomic mass is 19.1. The molecule has 5 heteroatoms. The molecule has 2 heterocycles. The van der Waals surface area contributed by atoms with Gasteiger partial charge in [0.2, 0.25) is 11.8 Å². The van der Waals surface area contributed by atoms with E-state index in [1.54, 1.807) is 15.9 Å². The molecule has 112 valence electrons. The molecule has 3 rings (SSSR count). The average molecular weight is 290 g/mol. The van der Waals surface area contributed by atoms with E-state index in [0.29, 0.717) is 19.5 Å². The molecular weight excluding hydrogens is 271 g/mol. The van der Waals surface area contributed by atoms with Crippen molar-refractivity contribution in [2.45, 2.75) is 38.3 Å². The SMILES string of the molecule is CC(c1cccc(F)c1)N1CCC(=O)N2CCCC2C1=O. The summed E-state index contributed by atoms with van der Waals surface area (Å²) in [5, 5.41) is 0. The second-order valence-electron chi connectivity index (χ2n) is 5.76. The maximum Gasteiger partial charge on any atom is 0.245 e. The zero-order valence-electron chi connectivity index (χ0n) is 12.1. The van der Waals surface area contributed by atoms with Crippen LogP contribution >= 0.6 is 0 Å². The lowest BCUT2D eigenvalue weighted by Crippen LogP contribution is -2.44. The van der Waals surface area contributed by atoms with Crippen molar-refractivity contribution in [3.8, 4) is 0 Å². The smallest absolute Gasteiger partial charge is 0.245 e. The minimum atomic E-state index is -0.323. The van der Waals surface area contributed by atoms with Crippen LogP contribution in [0.2, 0.25) is 0 Å². The van der Waals surface area contributed by atoms with Gasteiger partial charge in [-0.25, -0.2) is 4.39 Å². The Bertz CT molecular complexity index is 575. The van der Waals surface area contributed by atoms with Crippen molar-refractivity contribution in [1.82, 2.24) is 9.80 Å². The van der Waals surface area contributed by atoms with Gasteiger partial charge in [-0.15, -0.1) is 0 Å². The highest BCUT2D eigenvalue weighted by Crippen LogP contribution is 2.29. The summed E-state index contributed by atoms with van der Waals surface area (Å²) in [7, 11) is 0. The Morgan fingerprint density at radius 1 is 1.29 bits per heavy atom. The molecule has 0 radical (unpaired) electrons. The number of benzene rings is 1. The summed E-state index contributed by atoms with van der Waals surface area (Å²) in [6.07, 6.45) is 1.96. The molecule has 2 aliphatic rings. The number of rotatable bonds is 2. The highest BCUT2D eigenvalue weighted by Gasteiger charge is 2.40. The third-order valence-corrected chi connectivity index (χ3v) is 4.51. The van der Waals surface area contributed by atoms with E-state index in [1.165, 1.54) is 12.1 Å². The number of hydrogen-bond acceptors (Lipinski definition) is 2. The van der Waals surface area contributed by atoms with Crippen molar-refractivity contribution < 1.29 is 14.0 Å². The summed E-state index contributed by atoms with van der Waals surface area (Å²) in [5.74, 6) is -0.255. The van der Waals surface area contributed by atoms with E-state index >= 15 is 0 Å². The van der Waals surface area contributed by atoms with Gasteiger partial charge in [-0.2, -0.15) is 0 Å². The first-order valence-electron chi connectivity index (χ1n) is 7.43. The van der Waals surface area contributed by atoms with Crippen molar-refractivity contribution >= 4 is 11.8 Å². The molecule has 2 fully saturated rings. The number of nitrogens with zero attached hydrogens (tertiary/aromatic N) is 2. The lowest BCUT2D eigenvalue weighted by atomic mass is 10.1. The average Bonchev–Trinajstić information content (AvgIpc) is 2.92. The molecule has 0 bridgehead atoms. The van der Waals surface area contributed by atoms with Crippen molar-refractivity contribution in [1.29, 1.82) is 0 Å². The van der Waals surface area contributed by atoms with E-state index in [-0.39, 0.29) is 29.7 Å². The monoisotopic (exact) mass is 290 g/mol. The molecule has 0 aromatic heterocycles. The van der Waals surface area contributed by atoms with Crippen LogP contribution in [0.5, 0.6) is 0 Å². The zero-order valence-corrected chi connectivity index (χ0v) is 12.1. The van der Waals surface area contributed by atoms with Crippen LogP contribution in [0.1, 0.15) is 37.8 Å². The van der Waals surface area contributed by atoms with E-state index in [0.717, 1.165) is 18.4 Å². The topological polar surface area (TPSA) is 40.6 Å². The Morgan fingerprint density at radius 3 is 2.86 bits per heavy atom. The minimum Gasteiger partial charge on any atom is -0.334 e. The van der Waals surface area contributed by atoms with Gasteiger partial charge in [0.15, 0.2) is 0 Å². The summed E-state index contributed by atoms with van der Waals surface area (Å²) in [4.78, 5) is 28.2. The number of hydrogen-bond donors (Lipinski definition) is 0. The molecule has 1 aromatic carbocycles. The summed E-state index contributed by atoms with van der Waals surface area (Å²) < 4.78 is 13.4. The molecule has 0 aliphatic carbocycles. The number of fused-ring (bicyclic) bond motifs is 1. The summed E-state index contributed by atoms with van der Waals surface area (Å²) >= 11 is 0. The number of amides is 2. The van der Waals surface area contributed by atoms with E-state index in [4.69, 9.17) is 0 Å². The van der Waals surface area contributed by atoms with Crippen LogP contribution in [0.15, 0.2) is 24.3 Å². The van der Waals surface area contributed by atoms with Gasteiger partial charge in [-0.1, -0.05) is 12.1 Å². The molecule has 2 amide bonds. The first-order valence-corrected chi connectivity index (χ1v) is 7.43. The molecule has 0 spiro atoms. The van der Waals surface area contributed by atoms with E-state index in [9.17, 15) is 14.0 Å². The fraction of sp³-hybridized carbons (Fsp3) is 0.500. The second kappa shape index (κ2) is 5.47. The van der Waals surface area contributed by atoms with Crippen LogP contribution in [0, 0.1) is 5.82 Å². The molecule has 2 unspecified atom stereocenters. The van der Waals surface area contributed by atoms with Crippen LogP contribution in [-0.2, 0) is 9.59 Å². The van der Waals surface area contributed by atoms with Gasteiger partial charge < -0.3 is 9.80 Å². The largest absolute Gasteiger partial charge is 0.334 e. The normalized spacial score (nSPS) is 24.0. The number of halogens is 1. The fourth-order valence-electron chi connectivity index (χ4n) is 3.31. The molecule has 1 aromatic rings. The van der Waals surface area contributed by atoms with Crippen molar-refractivity contribution in [3.05, 3.63) is 35.6 Å². The molecule has 4 nitrogen and oxygen atoms in total. The van der Waals surface area contributed by atoms with Crippen LogP contribution in [0.3, 0.4) is 0 Å². The van der Waals surface area contributed by atoms with Crippen molar-refractivity contribution in [2.75, 3.05) is 13.1 Å². The van der Waals surface area contributed by atoms with Crippen molar-refractivity contribution in [3.63, 3.8) is 0 Å². The lowest BCUT2D eigenvalue weighted by Gasteiger charge is -2.30. The Kier molecular flexibility index (Phi) is 3.66. The Hall–Kier alpha value is -1.91. The summed E-state index contributed by atoms with van der Waals surface area (Å²) in [6, 6.07) is 5.77. The Balaban J connectivity index is 1.87. The number of carbonyl (C=O) groups is 2. The summed E-state index contributed by atoms with van der Waals surface area (Å²) in [5.41, 5.74) is 0.766. The maximum absolute atomic E-state index is 13.4. The van der Waals surface area contributed by atoms with Crippen LogP contribution in [0.25, 0.3) is 0 Å². The predicted molar refractivity (Wildman–Crippen MR) is 75.9 cm³/mol. The van der Waals surface area contributed by atoms with Gasteiger partial charge >= 0.3 is 0 Å². The standard InChI is InChI=1S/C16H19FN2O2/c1-11(12-4-2-5-13(17)10-12)18-9-7-15(20)19-8-3-6-14(19)16(18)21/h2,4-5,10-11,14H,3,6-9H2,1H3. The molecule has 21 heavy (non-hydrogen) atoms. The Labute approximate surface area is 123 Å². The second-order valence-corrected chi connectivity index (χ2v) is 5.76. The molecule has 2 atom stereocenters.